The SMILES string of the molecule is C.CCOC(=O)N1CCC(=C2c3cc(N)c(Cl)c(Br)c3CCc3cc(Br)cnc32)CC1.CCOC(=O)N1CCC(=C2c3cc([N+](=O)[O-])c(Cl)c(Br)c3CCc3cc(Br)cnc32)CC1. The summed E-state index contributed by atoms with van der Waals surface area (Å²) in [7, 11) is 0. The lowest BCUT2D eigenvalue weighted by Gasteiger charge is -2.29. The number of rotatable bonds is 3. The van der Waals surface area contributed by atoms with Gasteiger partial charge in [-0.25, -0.2) is 9.59 Å². The molecule has 0 atom stereocenters. The van der Waals surface area contributed by atoms with Crippen molar-refractivity contribution in [1.29, 1.82) is 0 Å². The maximum Gasteiger partial charge on any atom is 0.409 e. The molecule has 8 rings (SSSR count). The van der Waals surface area contributed by atoms with E-state index in [9.17, 15) is 19.7 Å². The minimum atomic E-state index is -0.458. The number of nitro benzene ring substituents is 1. The van der Waals surface area contributed by atoms with Gasteiger partial charge in [0.2, 0.25) is 0 Å². The fraction of sp³-hybridized carbons (Fsp3) is 0.378. The fourth-order valence-corrected chi connectivity index (χ4v) is 11.0. The van der Waals surface area contributed by atoms with E-state index in [4.69, 9.17) is 48.4 Å². The van der Waals surface area contributed by atoms with Crippen molar-refractivity contribution in [3.05, 3.63) is 131 Å². The van der Waals surface area contributed by atoms with Crippen molar-refractivity contribution in [2.75, 3.05) is 45.1 Å². The van der Waals surface area contributed by atoms with Crippen LogP contribution in [0.15, 0.2) is 65.7 Å². The molecule has 4 aromatic rings. The van der Waals surface area contributed by atoms with Gasteiger partial charge in [0.25, 0.3) is 5.69 Å². The molecule has 0 bridgehead atoms. The molecule has 2 amide bonds. The zero-order chi connectivity index (χ0) is 44.4. The smallest absolute Gasteiger partial charge is 0.409 e. The number of nitrogens with zero attached hydrogens (tertiary/aromatic N) is 5. The van der Waals surface area contributed by atoms with Crippen LogP contribution < -0.4 is 5.73 Å². The summed E-state index contributed by atoms with van der Waals surface area (Å²) in [5.74, 6) is 0. The number of amides is 2. The Kier molecular flexibility index (Phi) is 16.4. The summed E-state index contributed by atoms with van der Waals surface area (Å²) in [6, 6.07) is 7.73. The topological polar surface area (TPSA) is 154 Å². The van der Waals surface area contributed by atoms with Crippen LogP contribution >= 0.6 is 86.9 Å². The van der Waals surface area contributed by atoms with E-state index in [1.165, 1.54) is 11.1 Å². The minimum absolute atomic E-state index is 0. The second-order valence-corrected chi connectivity index (χ2v) is 19.3. The van der Waals surface area contributed by atoms with Gasteiger partial charge in [0.05, 0.1) is 40.2 Å². The largest absolute Gasteiger partial charge is 0.450 e. The quantitative estimate of drug-likeness (QED) is 0.120. The van der Waals surface area contributed by atoms with Crippen LogP contribution in [0.5, 0.6) is 0 Å². The van der Waals surface area contributed by atoms with Crippen LogP contribution in [0, 0.1) is 10.1 Å². The van der Waals surface area contributed by atoms with Gasteiger partial charge in [0.15, 0.2) is 0 Å². The second kappa shape index (κ2) is 21.2. The van der Waals surface area contributed by atoms with Gasteiger partial charge in [-0.05, 0) is 181 Å². The Bertz CT molecular complexity index is 2530. The molecule has 334 valence electrons. The number of fused-ring (bicyclic) bond motifs is 4. The van der Waals surface area contributed by atoms with Crippen LogP contribution in [0.4, 0.5) is 21.0 Å². The average Bonchev–Trinajstić information content (AvgIpc) is 3.52. The Morgan fingerprint density at radius 1 is 0.698 bits per heavy atom. The van der Waals surface area contributed by atoms with Gasteiger partial charge < -0.3 is 25.0 Å². The van der Waals surface area contributed by atoms with Gasteiger partial charge in [0, 0.05) is 73.7 Å². The Labute approximate surface area is 410 Å². The highest BCUT2D eigenvalue weighted by molar-refractivity contribution is 9.11. The molecule has 0 spiro atoms. The highest BCUT2D eigenvalue weighted by atomic mass is 79.9. The van der Waals surface area contributed by atoms with Crippen molar-refractivity contribution in [2.45, 2.75) is 72.6 Å². The number of pyridine rings is 2. The zero-order valence-electron chi connectivity index (χ0n) is 33.9. The summed E-state index contributed by atoms with van der Waals surface area (Å²) in [5, 5.41) is 12.4. The number of anilines is 1. The van der Waals surface area contributed by atoms with Crippen molar-refractivity contribution in [3.8, 4) is 0 Å². The van der Waals surface area contributed by atoms with Crippen LogP contribution in [-0.4, -0.2) is 76.3 Å². The van der Waals surface area contributed by atoms with Crippen LogP contribution in [0.3, 0.4) is 0 Å². The molecule has 18 heteroatoms. The number of aromatic nitrogens is 2. The molecule has 4 aliphatic rings. The normalized spacial score (nSPS) is 15.6. The van der Waals surface area contributed by atoms with Crippen molar-refractivity contribution < 1.29 is 24.0 Å². The van der Waals surface area contributed by atoms with E-state index in [-0.39, 0.29) is 30.3 Å². The van der Waals surface area contributed by atoms with Gasteiger partial charge in [-0.15, -0.1) is 0 Å². The molecule has 12 nitrogen and oxygen atoms in total. The van der Waals surface area contributed by atoms with E-state index < -0.39 is 4.92 Å². The van der Waals surface area contributed by atoms with Crippen molar-refractivity contribution in [3.63, 3.8) is 0 Å². The monoisotopic (exact) mass is 1150 g/mol. The van der Waals surface area contributed by atoms with Crippen LogP contribution in [0.25, 0.3) is 11.1 Å². The molecule has 2 saturated heterocycles. The molecule has 0 saturated carbocycles. The summed E-state index contributed by atoms with van der Waals surface area (Å²) < 4.78 is 13.6. The Balaban J connectivity index is 0.000000207. The summed E-state index contributed by atoms with van der Waals surface area (Å²) in [4.78, 5) is 48.5. The number of hydrogen-bond acceptors (Lipinski definition) is 9. The third kappa shape index (κ3) is 10.3. The number of hydrogen-bond donors (Lipinski definition) is 1. The molecule has 2 aromatic heterocycles. The van der Waals surface area contributed by atoms with E-state index in [0.717, 1.165) is 101 Å². The van der Waals surface area contributed by atoms with E-state index in [1.807, 2.05) is 25.3 Å². The molecule has 0 radical (unpaired) electrons. The lowest BCUT2D eigenvalue weighted by Crippen LogP contribution is -2.37. The molecular weight excluding hydrogens is 1110 g/mol. The summed E-state index contributed by atoms with van der Waals surface area (Å²) in [5.41, 5.74) is 19.1. The second-order valence-electron chi connectivity index (χ2n) is 15.1. The van der Waals surface area contributed by atoms with Gasteiger partial charge in [0.1, 0.15) is 5.02 Å². The molecular formula is C45H46Br4Cl2N6O6. The molecule has 0 unspecified atom stereocenters. The molecule has 63 heavy (non-hydrogen) atoms. The van der Waals surface area contributed by atoms with Crippen molar-refractivity contribution >= 4 is 122 Å². The van der Waals surface area contributed by atoms with Crippen LogP contribution in [0.2, 0.25) is 10.0 Å². The number of benzene rings is 2. The Morgan fingerprint density at radius 3 is 1.52 bits per heavy atom. The standard InChI is InChI=1S/C22H20Br2ClN3O4.C22H22Br2ClN3O2.CH4/c1-2-32-22(29)27-7-5-12(6-8-27)18-16-10-17(28(30)31)20(25)19(24)15(16)4-3-13-9-14(23)11-26-21(13)18;1-2-30-22(29)28-7-5-12(6-8-28)18-16-10-17(26)20(25)19(24)15(16)4-3-13-9-14(23)11-27-21(13)18;/h9-11H,2-8H2,1H3;9-11H,2-8,26H2,1H3;1H4. The fourth-order valence-electron chi connectivity index (χ4n) is 8.53. The summed E-state index contributed by atoms with van der Waals surface area (Å²) in [6.07, 6.45) is 8.94. The van der Waals surface area contributed by atoms with Gasteiger partial charge in [-0.1, -0.05) is 41.8 Å². The third-order valence-electron chi connectivity index (χ3n) is 11.5. The van der Waals surface area contributed by atoms with Crippen molar-refractivity contribution in [2.24, 2.45) is 0 Å². The van der Waals surface area contributed by atoms with E-state index in [2.05, 4.69) is 69.8 Å². The molecule has 2 aliphatic carbocycles. The number of ether oxygens (including phenoxy) is 2. The third-order valence-corrected chi connectivity index (χ3v) is 15.3. The van der Waals surface area contributed by atoms with Gasteiger partial charge in [-0.2, -0.15) is 0 Å². The number of aryl methyl sites for hydroxylation is 2. The summed E-state index contributed by atoms with van der Waals surface area (Å²) in [6.45, 7) is 6.63. The lowest BCUT2D eigenvalue weighted by atomic mass is 9.88. The van der Waals surface area contributed by atoms with Gasteiger partial charge in [-0.3, -0.25) is 20.1 Å². The number of piperidine rings is 2. The Hall–Kier alpha value is -3.54. The number of nitro groups is 1. The number of likely N-dealkylation sites (tertiary alicyclic amines) is 2. The predicted molar refractivity (Wildman–Crippen MR) is 262 cm³/mol. The number of halogens is 6. The maximum absolute atomic E-state index is 12.1. The first-order chi connectivity index (χ1) is 29.7. The molecule has 2 N–H and O–H groups in total. The molecule has 4 heterocycles. The number of carbonyl (C=O) groups is 2. The number of nitrogen functional groups attached to an aromatic ring is 1. The van der Waals surface area contributed by atoms with Crippen molar-refractivity contribution in [1.82, 2.24) is 19.8 Å². The van der Waals surface area contributed by atoms with Crippen LogP contribution in [-0.2, 0) is 35.2 Å². The minimum Gasteiger partial charge on any atom is -0.450 e. The Morgan fingerprint density at radius 2 is 1.11 bits per heavy atom. The average molecular weight is 1160 g/mol. The van der Waals surface area contributed by atoms with E-state index in [0.29, 0.717) is 73.8 Å². The maximum atomic E-state index is 12.1. The first-order valence-electron chi connectivity index (χ1n) is 20.2. The highest BCUT2D eigenvalue weighted by Crippen LogP contribution is 2.47. The molecule has 2 fully saturated rings. The highest BCUT2D eigenvalue weighted by Gasteiger charge is 2.32. The van der Waals surface area contributed by atoms with E-state index in [1.54, 1.807) is 29.0 Å². The molecule has 2 aromatic carbocycles. The lowest BCUT2D eigenvalue weighted by molar-refractivity contribution is -0.384. The summed E-state index contributed by atoms with van der Waals surface area (Å²) >= 11 is 27.1. The number of nitrogens with two attached hydrogens (primary N) is 1. The zero-order valence-corrected chi connectivity index (χ0v) is 41.8. The first kappa shape index (κ1) is 48.9. The number of carbonyl (C=O) groups excluding carboxylic acids is 2. The first-order valence-corrected chi connectivity index (χ1v) is 24.1. The van der Waals surface area contributed by atoms with Gasteiger partial charge >= 0.3 is 12.2 Å². The molecule has 2 aliphatic heterocycles. The van der Waals surface area contributed by atoms with Crippen LogP contribution in [0.1, 0.15) is 91.7 Å². The van der Waals surface area contributed by atoms with E-state index >= 15 is 0 Å². The predicted octanol–water partition coefficient (Wildman–Crippen LogP) is 13.0.